The summed E-state index contributed by atoms with van der Waals surface area (Å²) in [6.45, 7) is 3.75. The Morgan fingerprint density at radius 3 is 2.44 bits per heavy atom. The van der Waals surface area contributed by atoms with Gasteiger partial charge in [-0.15, -0.1) is 0 Å². The minimum absolute atomic E-state index is 0.0259. The van der Waals surface area contributed by atoms with Crippen LogP contribution >= 0.6 is 0 Å². The maximum atomic E-state index is 12.0. The Bertz CT molecular complexity index is 800. The number of carbonyl (C=O) groups is 1. The monoisotopic (exact) mass is 343 g/mol. The van der Waals surface area contributed by atoms with Crippen LogP contribution in [0.3, 0.4) is 0 Å². The SMILES string of the molecule is CC(C)Oc1cccc(C(=O)O/N=C(\N)c2ccc([N+](=O)[O-])cc2)c1. The van der Waals surface area contributed by atoms with E-state index in [0.29, 0.717) is 11.3 Å². The number of amidine groups is 1. The van der Waals surface area contributed by atoms with Crippen molar-refractivity contribution in [3.05, 3.63) is 69.8 Å². The highest BCUT2D eigenvalue weighted by atomic mass is 16.7. The van der Waals surface area contributed by atoms with Crippen LogP contribution in [0.5, 0.6) is 5.75 Å². The molecule has 2 rings (SSSR count). The van der Waals surface area contributed by atoms with Crippen molar-refractivity contribution < 1.29 is 19.3 Å². The van der Waals surface area contributed by atoms with Gasteiger partial charge in [0.2, 0.25) is 0 Å². The fourth-order valence-corrected chi connectivity index (χ4v) is 1.92. The Kier molecular flexibility index (Phi) is 5.67. The Hall–Kier alpha value is -3.42. The van der Waals surface area contributed by atoms with Crippen molar-refractivity contribution in [2.24, 2.45) is 10.9 Å². The van der Waals surface area contributed by atoms with Crippen LogP contribution in [0.4, 0.5) is 5.69 Å². The van der Waals surface area contributed by atoms with E-state index >= 15 is 0 Å². The van der Waals surface area contributed by atoms with Gasteiger partial charge in [0.25, 0.3) is 5.69 Å². The molecule has 0 amide bonds. The first-order valence-electron chi connectivity index (χ1n) is 7.43. The second kappa shape index (κ2) is 7.91. The molecule has 2 aromatic rings. The van der Waals surface area contributed by atoms with Crippen LogP contribution in [0.2, 0.25) is 0 Å². The number of carbonyl (C=O) groups excluding carboxylic acids is 1. The molecule has 2 N–H and O–H groups in total. The number of nitrogens with two attached hydrogens (primary N) is 1. The molecule has 0 heterocycles. The first-order valence-corrected chi connectivity index (χ1v) is 7.43. The maximum Gasteiger partial charge on any atom is 0.365 e. The van der Waals surface area contributed by atoms with Gasteiger partial charge in [-0.2, -0.15) is 0 Å². The van der Waals surface area contributed by atoms with E-state index in [4.69, 9.17) is 15.3 Å². The molecule has 25 heavy (non-hydrogen) atoms. The van der Waals surface area contributed by atoms with Crippen LogP contribution in [0.1, 0.15) is 29.8 Å². The number of ether oxygens (including phenoxy) is 1. The molecule has 0 fully saturated rings. The van der Waals surface area contributed by atoms with E-state index in [1.807, 2.05) is 13.8 Å². The summed E-state index contributed by atoms with van der Waals surface area (Å²) in [5.74, 6) is -0.228. The number of hydrogen-bond donors (Lipinski definition) is 1. The summed E-state index contributed by atoms with van der Waals surface area (Å²) in [4.78, 5) is 26.9. The van der Waals surface area contributed by atoms with E-state index in [-0.39, 0.29) is 23.2 Å². The number of non-ortho nitro benzene ring substituents is 1. The lowest BCUT2D eigenvalue weighted by molar-refractivity contribution is -0.384. The van der Waals surface area contributed by atoms with Gasteiger partial charge in [0, 0.05) is 17.7 Å². The lowest BCUT2D eigenvalue weighted by Crippen LogP contribution is -2.15. The smallest absolute Gasteiger partial charge is 0.365 e. The summed E-state index contributed by atoms with van der Waals surface area (Å²) in [6, 6.07) is 11.9. The number of hydrogen-bond acceptors (Lipinski definition) is 6. The number of benzene rings is 2. The Morgan fingerprint density at radius 1 is 1.16 bits per heavy atom. The molecule has 0 aliphatic heterocycles. The van der Waals surface area contributed by atoms with Crippen molar-refractivity contribution >= 4 is 17.5 Å². The predicted octanol–water partition coefficient (Wildman–Crippen LogP) is 2.86. The molecular formula is C17H17N3O5. The number of oxime groups is 1. The van der Waals surface area contributed by atoms with Gasteiger partial charge in [0.15, 0.2) is 5.84 Å². The predicted molar refractivity (Wildman–Crippen MR) is 91.4 cm³/mol. The van der Waals surface area contributed by atoms with Gasteiger partial charge < -0.3 is 15.3 Å². The van der Waals surface area contributed by atoms with Crippen LogP contribution in [-0.4, -0.2) is 22.8 Å². The lowest BCUT2D eigenvalue weighted by Gasteiger charge is -2.10. The van der Waals surface area contributed by atoms with Gasteiger partial charge in [-0.05, 0) is 44.2 Å². The summed E-state index contributed by atoms with van der Waals surface area (Å²) in [6.07, 6.45) is -0.0259. The first-order chi connectivity index (χ1) is 11.9. The third kappa shape index (κ3) is 5.03. The zero-order valence-corrected chi connectivity index (χ0v) is 13.7. The van der Waals surface area contributed by atoms with Crippen molar-refractivity contribution in [3.8, 4) is 5.75 Å². The molecule has 8 nitrogen and oxygen atoms in total. The van der Waals surface area contributed by atoms with Crippen molar-refractivity contribution in [2.45, 2.75) is 20.0 Å². The highest BCUT2D eigenvalue weighted by molar-refractivity contribution is 5.98. The molecule has 0 aliphatic carbocycles. The van der Waals surface area contributed by atoms with Gasteiger partial charge in [0.05, 0.1) is 16.6 Å². The van der Waals surface area contributed by atoms with Crippen LogP contribution in [0.15, 0.2) is 53.7 Å². The molecule has 0 radical (unpaired) electrons. The molecule has 130 valence electrons. The molecule has 0 atom stereocenters. The molecular weight excluding hydrogens is 326 g/mol. The van der Waals surface area contributed by atoms with E-state index in [1.165, 1.54) is 24.3 Å². The van der Waals surface area contributed by atoms with E-state index in [9.17, 15) is 14.9 Å². The summed E-state index contributed by atoms with van der Waals surface area (Å²) in [7, 11) is 0. The van der Waals surface area contributed by atoms with Crippen LogP contribution in [0, 0.1) is 10.1 Å². The normalized spacial score (nSPS) is 11.2. The average molecular weight is 343 g/mol. The Balaban J connectivity index is 2.07. The summed E-state index contributed by atoms with van der Waals surface area (Å²) in [5, 5.41) is 14.2. The van der Waals surface area contributed by atoms with Gasteiger partial charge in [0.1, 0.15) is 5.75 Å². The number of nitro benzene ring substituents is 1. The van der Waals surface area contributed by atoms with Crippen molar-refractivity contribution in [3.63, 3.8) is 0 Å². The largest absolute Gasteiger partial charge is 0.491 e. The topological polar surface area (TPSA) is 117 Å². The van der Waals surface area contributed by atoms with Crippen molar-refractivity contribution in [2.75, 3.05) is 0 Å². The Morgan fingerprint density at radius 2 is 1.84 bits per heavy atom. The average Bonchev–Trinajstić information content (AvgIpc) is 2.59. The molecule has 8 heteroatoms. The zero-order valence-electron chi connectivity index (χ0n) is 13.7. The van der Waals surface area contributed by atoms with Crippen LogP contribution < -0.4 is 10.5 Å². The van der Waals surface area contributed by atoms with E-state index in [1.54, 1.807) is 24.3 Å². The highest BCUT2D eigenvalue weighted by Gasteiger charge is 2.11. The molecule has 0 bridgehead atoms. The highest BCUT2D eigenvalue weighted by Crippen LogP contribution is 2.16. The molecule has 0 saturated carbocycles. The van der Waals surface area contributed by atoms with Gasteiger partial charge in [-0.1, -0.05) is 11.2 Å². The zero-order chi connectivity index (χ0) is 18.4. The van der Waals surface area contributed by atoms with E-state index in [0.717, 1.165) is 0 Å². The standard InChI is InChI=1S/C17H17N3O5/c1-11(2)24-15-5-3-4-13(10-15)17(21)25-19-16(18)12-6-8-14(9-7-12)20(22)23/h3-11H,1-2H3,(H2,18,19). The van der Waals surface area contributed by atoms with Crippen LogP contribution in [0.25, 0.3) is 0 Å². The fourth-order valence-electron chi connectivity index (χ4n) is 1.92. The lowest BCUT2D eigenvalue weighted by atomic mass is 10.2. The fraction of sp³-hybridized carbons (Fsp3) is 0.176. The molecule has 0 aliphatic rings. The molecule has 0 spiro atoms. The first kappa shape index (κ1) is 17.9. The van der Waals surface area contributed by atoms with Gasteiger partial charge >= 0.3 is 5.97 Å². The number of rotatable bonds is 6. The van der Waals surface area contributed by atoms with Gasteiger partial charge in [-0.25, -0.2) is 4.79 Å². The van der Waals surface area contributed by atoms with E-state index < -0.39 is 10.9 Å². The van der Waals surface area contributed by atoms with Crippen molar-refractivity contribution in [1.29, 1.82) is 0 Å². The minimum atomic E-state index is -0.695. The summed E-state index contributed by atoms with van der Waals surface area (Å²) in [5.41, 5.74) is 6.31. The number of nitro groups is 1. The maximum absolute atomic E-state index is 12.0. The molecule has 2 aromatic carbocycles. The quantitative estimate of drug-likeness (QED) is 0.283. The molecule has 0 saturated heterocycles. The second-order valence-electron chi connectivity index (χ2n) is 5.35. The summed E-state index contributed by atoms with van der Waals surface area (Å²) >= 11 is 0. The third-order valence-corrected chi connectivity index (χ3v) is 3.04. The molecule has 0 unspecified atom stereocenters. The Labute approximate surface area is 144 Å². The summed E-state index contributed by atoms with van der Waals surface area (Å²) < 4.78 is 5.51. The van der Waals surface area contributed by atoms with E-state index in [2.05, 4.69) is 5.16 Å². The number of nitrogens with zero attached hydrogens (tertiary/aromatic N) is 2. The third-order valence-electron chi connectivity index (χ3n) is 3.04. The minimum Gasteiger partial charge on any atom is -0.491 e. The van der Waals surface area contributed by atoms with Crippen molar-refractivity contribution in [1.82, 2.24) is 0 Å². The van der Waals surface area contributed by atoms with Gasteiger partial charge in [-0.3, -0.25) is 10.1 Å². The second-order valence-corrected chi connectivity index (χ2v) is 5.35. The molecule has 0 aromatic heterocycles. The van der Waals surface area contributed by atoms with Crippen LogP contribution in [-0.2, 0) is 4.84 Å².